The summed E-state index contributed by atoms with van der Waals surface area (Å²) in [5.41, 5.74) is 0. The SMILES string of the molecule is CC(=O)C(C)C1CCC(C)C(C)C1. The number of carbonyl (C=O) groups is 1. The summed E-state index contributed by atoms with van der Waals surface area (Å²) in [7, 11) is 0. The Morgan fingerprint density at radius 1 is 1.23 bits per heavy atom. The molecule has 0 aliphatic heterocycles. The number of rotatable bonds is 2. The van der Waals surface area contributed by atoms with Crippen LogP contribution in [0.3, 0.4) is 0 Å². The van der Waals surface area contributed by atoms with Crippen molar-refractivity contribution >= 4 is 5.78 Å². The minimum Gasteiger partial charge on any atom is -0.300 e. The van der Waals surface area contributed by atoms with Gasteiger partial charge in [0.2, 0.25) is 0 Å². The standard InChI is InChI=1S/C12H22O/c1-8-5-6-12(7-9(8)2)10(3)11(4)13/h8-10,12H,5-7H2,1-4H3. The van der Waals surface area contributed by atoms with E-state index in [1.54, 1.807) is 6.92 Å². The molecule has 0 N–H and O–H groups in total. The molecule has 0 aromatic heterocycles. The fraction of sp³-hybridized carbons (Fsp3) is 0.917. The van der Waals surface area contributed by atoms with Crippen LogP contribution >= 0.6 is 0 Å². The smallest absolute Gasteiger partial charge is 0.132 e. The second-order valence-corrected chi connectivity index (χ2v) is 4.93. The molecule has 0 radical (unpaired) electrons. The Bertz CT molecular complexity index is 186. The number of carbonyl (C=O) groups excluding carboxylic acids is 1. The third-order valence-corrected chi connectivity index (χ3v) is 3.99. The van der Waals surface area contributed by atoms with Gasteiger partial charge in [-0.2, -0.15) is 0 Å². The van der Waals surface area contributed by atoms with E-state index in [1.165, 1.54) is 19.3 Å². The monoisotopic (exact) mass is 182 g/mol. The van der Waals surface area contributed by atoms with E-state index in [1.807, 2.05) is 0 Å². The molecule has 0 amide bonds. The normalized spacial score (nSPS) is 37.1. The van der Waals surface area contributed by atoms with Crippen LogP contribution in [0.2, 0.25) is 0 Å². The number of hydrogen-bond acceptors (Lipinski definition) is 1. The Balaban J connectivity index is 2.50. The molecule has 0 bridgehead atoms. The highest BCUT2D eigenvalue weighted by atomic mass is 16.1. The quantitative estimate of drug-likeness (QED) is 0.640. The number of Topliss-reactive ketones (excluding diaryl/α,β-unsaturated/α-hetero) is 1. The summed E-state index contributed by atoms with van der Waals surface area (Å²) < 4.78 is 0. The van der Waals surface area contributed by atoms with Gasteiger partial charge in [-0.3, -0.25) is 4.79 Å². The minimum absolute atomic E-state index is 0.287. The van der Waals surface area contributed by atoms with Crippen LogP contribution in [0.5, 0.6) is 0 Å². The van der Waals surface area contributed by atoms with E-state index in [9.17, 15) is 4.79 Å². The van der Waals surface area contributed by atoms with Crippen LogP contribution in [0.15, 0.2) is 0 Å². The first-order valence-corrected chi connectivity index (χ1v) is 5.52. The Morgan fingerprint density at radius 3 is 2.31 bits per heavy atom. The summed E-state index contributed by atoms with van der Waals surface area (Å²) in [4.78, 5) is 11.2. The Labute approximate surface area is 81.9 Å². The first-order chi connectivity index (χ1) is 6.02. The van der Waals surface area contributed by atoms with E-state index in [2.05, 4.69) is 20.8 Å². The van der Waals surface area contributed by atoms with Gasteiger partial charge in [0.15, 0.2) is 0 Å². The zero-order valence-electron chi connectivity index (χ0n) is 9.34. The van der Waals surface area contributed by atoms with Crippen LogP contribution in [0.25, 0.3) is 0 Å². The second-order valence-electron chi connectivity index (χ2n) is 4.93. The van der Waals surface area contributed by atoms with Crippen LogP contribution in [0.4, 0.5) is 0 Å². The Morgan fingerprint density at radius 2 is 1.85 bits per heavy atom. The molecule has 1 fully saturated rings. The van der Waals surface area contributed by atoms with Crippen molar-refractivity contribution in [3.63, 3.8) is 0 Å². The van der Waals surface area contributed by atoms with Gasteiger partial charge in [-0.05, 0) is 37.5 Å². The lowest BCUT2D eigenvalue weighted by atomic mass is 9.71. The van der Waals surface area contributed by atoms with Gasteiger partial charge in [-0.15, -0.1) is 0 Å². The molecule has 4 unspecified atom stereocenters. The fourth-order valence-corrected chi connectivity index (χ4v) is 2.38. The molecule has 4 atom stereocenters. The topological polar surface area (TPSA) is 17.1 Å². The predicted octanol–water partition coefficient (Wildman–Crippen LogP) is 3.28. The van der Waals surface area contributed by atoms with Crippen molar-refractivity contribution in [2.75, 3.05) is 0 Å². The van der Waals surface area contributed by atoms with Gasteiger partial charge >= 0.3 is 0 Å². The molecule has 0 saturated heterocycles. The van der Waals surface area contributed by atoms with Gasteiger partial charge in [0, 0.05) is 5.92 Å². The highest BCUT2D eigenvalue weighted by Gasteiger charge is 2.29. The molecule has 1 heteroatoms. The average Bonchev–Trinajstić information content (AvgIpc) is 2.08. The molecule has 0 heterocycles. The summed E-state index contributed by atoms with van der Waals surface area (Å²) in [5.74, 6) is 2.97. The van der Waals surface area contributed by atoms with E-state index in [0.717, 1.165) is 11.8 Å². The maximum Gasteiger partial charge on any atom is 0.132 e. The maximum absolute atomic E-state index is 11.2. The fourth-order valence-electron chi connectivity index (χ4n) is 2.38. The predicted molar refractivity (Wildman–Crippen MR) is 55.5 cm³/mol. The van der Waals surface area contributed by atoms with Crippen molar-refractivity contribution in [2.24, 2.45) is 23.7 Å². The Kier molecular flexibility index (Phi) is 3.52. The molecule has 1 aliphatic rings. The maximum atomic E-state index is 11.2. The van der Waals surface area contributed by atoms with Crippen LogP contribution in [0, 0.1) is 23.7 Å². The van der Waals surface area contributed by atoms with Crippen molar-refractivity contribution < 1.29 is 4.79 Å². The van der Waals surface area contributed by atoms with Gasteiger partial charge < -0.3 is 0 Å². The van der Waals surface area contributed by atoms with E-state index in [-0.39, 0.29) is 5.92 Å². The largest absolute Gasteiger partial charge is 0.300 e. The average molecular weight is 182 g/mol. The van der Waals surface area contributed by atoms with Crippen molar-refractivity contribution in [3.05, 3.63) is 0 Å². The first kappa shape index (κ1) is 10.7. The lowest BCUT2D eigenvalue weighted by molar-refractivity contribution is -0.122. The molecule has 1 aliphatic carbocycles. The third-order valence-electron chi connectivity index (χ3n) is 3.99. The summed E-state index contributed by atoms with van der Waals surface area (Å²) in [6.07, 6.45) is 3.82. The van der Waals surface area contributed by atoms with Crippen molar-refractivity contribution in [2.45, 2.75) is 47.0 Å². The van der Waals surface area contributed by atoms with Gasteiger partial charge in [0.25, 0.3) is 0 Å². The number of ketones is 1. The van der Waals surface area contributed by atoms with E-state index in [0.29, 0.717) is 11.7 Å². The van der Waals surface area contributed by atoms with Crippen LogP contribution in [-0.4, -0.2) is 5.78 Å². The highest BCUT2D eigenvalue weighted by Crippen LogP contribution is 2.37. The zero-order chi connectivity index (χ0) is 10.0. The van der Waals surface area contributed by atoms with Gasteiger partial charge in [-0.1, -0.05) is 27.2 Å². The van der Waals surface area contributed by atoms with E-state index in [4.69, 9.17) is 0 Å². The Hall–Kier alpha value is -0.330. The summed E-state index contributed by atoms with van der Waals surface area (Å²) in [6, 6.07) is 0. The molecular formula is C12H22O. The lowest BCUT2D eigenvalue weighted by Crippen LogP contribution is -2.28. The molecule has 76 valence electrons. The van der Waals surface area contributed by atoms with Gasteiger partial charge in [-0.25, -0.2) is 0 Å². The molecular weight excluding hydrogens is 160 g/mol. The van der Waals surface area contributed by atoms with E-state index >= 15 is 0 Å². The first-order valence-electron chi connectivity index (χ1n) is 5.52. The lowest BCUT2D eigenvalue weighted by Gasteiger charge is -2.34. The summed E-state index contributed by atoms with van der Waals surface area (Å²) in [6.45, 7) is 8.48. The summed E-state index contributed by atoms with van der Waals surface area (Å²) >= 11 is 0. The van der Waals surface area contributed by atoms with Gasteiger partial charge in [0.1, 0.15) is 5.78 Å². The third kappa shape index (κ3) is 2.55. The molecule has 0 spiro atoms. The molecule has 1 nitrogen and oxygen atoms in total. The van der Waals surface area contributed by atoms with Crippen LogP contribution < -0.4 is 0 Å². The molecule has 0 aromatic carbocycles. The summed E-state index contributed by atoms with van der Waals surface area (Å²) in [5, 5.41) is 0. The van der Waals surface area contributed by atoms with Crippen LogP contribution in [0.1, 0.15) is 47.0 Å². The van der Waals surface area contributed by atoms with Crippen LogP contribution in [-0.2, 0) is 4.79 Å². The number of hydrogen-bond donors (Lipinski definition) is 0. The second kappa shape index (κ2) is 4.26. The molecule has 13 heavy (non-hydrogen) atoms. The minimum atomic E-state index is 0.287. The van der Waals surface area contributed by atoms with Gasteiger partial charge in [0.05, 0.1) is 0 Å². The molecule has 0 aromatic rings. The van der Waals surface area contributed by atoms with E-state index < -0.39 is 0 Å². The highest BCUT2D eigenvalue weighted by molar-refractivity contribution is 5.78. The molecule has 1 saturated carbocycles. The zero-order valence-corrected chi connectivity index (χ0v) is 9.34. The van der Waals surface area contributed by atoms with Crippen molar-refractivity contribution in [3.8, 4) is 0 Å². The molecule has 1 rings (SSSR count). The van der Waals surface area contributed by atoms with Crippen molar-refractivity contribution in [1.29, 1.82) is 0 Å². The van der Waals surface area contributed by atoms with Crippen molar-refractivity contribution in [1.82, 2.24) is 0 Å².